The molecule has 0 bridgehead atoms. The van der Waals surface area contributed by atoms with Crippen LogP contribution in [0.3, 0.4) is 0 Å². The third-order valence-corrected chi connectivity index (χ3v) is 4.14. The van der Waals surface area contributed by atoms with Crippen LogP contribution in [0.4, 0.5) is 11.4 Å². The third-order valence-electron chi connectivity index (χ3n) is 3.32. The first kappa shape index (κ1) is 12.8. The average molecular weight is 293 g/mol. The summed E-state index contributed by atoms with van der Waals surface area (Å²) in [5, 5.41) is 4.44. The SMILES string of the molecule is CN1Cc2ccc(Nc3cccc(Cl)c3Cl)cc2C1. The van der Waals surface area contributed by atoms with Crippen molar-refractivity contribution in [1.29, 1.82) is 0 Å². The van der Waals surface area contributed by atoms with Gasteiger partial charge < -0.3 is 5.32 Å². The highest BCUT2D eigenvalue weighted by atomic mass is 35.5. The normalized spacial score (nSPS) is 14.5. The number of benzene rings is 2. The second-order valence-electron chi connectivity index (χ2n) is 4.88. The zero-order chi connectivity index (χ0) is 13.4. The quantitative estimate of drug-likeness (QED) is 0.864. The monoisotopic (exact) mass is 292 g/mol. The molecule has 0 aliphatic carbocycles. The summed E-state index contributed by atoms with van der Waals surface area (Å²) in [4.78, 5) is 2.29. The van der Waals surface area contributed by atoms with Gasteiger partial charge in [0.25, 0.3) is 0 Å². The highest BCUT2D eigenvalue weighted by Gasteiger charge is 2.15. The number of fused-ring (bicyclic) bond motifs is 1. The lowest BCUT2D eigenvalue weighted by molar-refractivity contribution is 0.353. The summed E-state index contributed by atoms with van der Waals surface area (Å²) in [6, 6.07) is 12.0. The Morgan fingerprint density at radius 2 is 1.84 bits per heavy atom. The molecule has 4 heteroatoms. The van der Waals surface area contributed by atoms with Gasteiger partial charge in [0.05, 0.1) is 15.7 Å². The minimum Gasteiger partial charge on any atom is -0.354 e. The van der Waals surface area contributed by atoms with E-state index in [0.29, 0.717) is 10.0 Å². The van der Waals surface area contributed by atoms with Crippen LogP contribution in [-0.2, 0) is 13.1 Å². The van der Waals surface area contributed by atoms with Crippen LogP contribution in [0, 0.1) is 0 Å². The first-order valence-corrected chi connectivity index (χ1v) is 6.90. The van der Waals surface area contributed by atoms with Gasteiger partial charge in [-0.1, -0.05) is 35.3 Å². The fourth-order valence-electron chi connectivity index (χ4n) is 2.40. The molecule has 0 radical (unpaired) electrons. The number of nitrogens with zero attached hydrogens (tertiary/aromatic N) is 1. The van der Waals surface area contributed by atoms with Crippen molar-refractivity contribution >= 4 is 34.6 Å². The Morgan fingerprint density at radius 3 is 2.68 bits per heavy atom. The van der Waals surface area contributed by atoms with Crippen molar-refractivity contribution in [2.24, 2.45) is 0 Å². The Hall–Kier alpha value is -1.22. The molecule has 0 saturated heterocycles. The molecule has 1 N–H and O–H groups in total. The van der Waals surface area contributed by atoms with E-state index in [-0.39, 0.29) is 0 Å². The molecule has 0 aromatic heterocycles. The van der Waals surface area contributed by atoms with E-state index in [4.69, 9.17) is 23.2 Å². The highest BCUT2D eigenvalue weighted by molar-refractivity contribution is 6.43. The molecule has 0 atom stereocenters. The van der Waals surface area contributed by atoms with Gasteiger partial charge in [-0.15, -0.1) is 0 Å². The summed E-state index contributed by atoms with van der Waals surface area (Å²) in [6.07, 6.45) is 0. The van der Waals surface area contributed by atoms with Gasteiger partial charge >= 0.3 is 0 Å². The van der Waals surface area contributed by atoms with Gasteiger partial charge in [-0.3, -0.25) is 4.90 Å². The number of hydrogen-bond donors (Lipinski definition) is 1. The number of hydrogen-bond acceptors (Lipinski definition) is 2. The molecule has 0 amide bonds. The second kappa shape index (κ2) is 5.04. The molecule has 2 aromatic rings. The minimum atomic E-state index is 0.557. The number of nitrogens with one attached hydrogen (secondary N) is 1. The van der Waals surface area contributed by atoms with Gasteiger partial charge in [-0.25, -0.2) is 0 Å². The standard InChI is InChI=1S/C15H14Cl2N2/c1-19-8-10-5-6-12(7-11(10)9-19)18-14-4-2-3-13(16)15(14)17/h2-7,18H,8-9H2,1H3. The van der Waals surface area contributed by atoms with Crippen molar-refractivity contribution in [3.8, 4) is 0 Å². The molecule has 1 heterocycles. The zero-order valence-corrected chi connectivity index (χ0v) is 12.1. The number of halogens is 2. The predicted octanol–water partition coefficient (Wildman–Crippen LogP) is 4.68. The average Bonchev–Trinajstić information content (AvgIpc) is 2.74. The van der Waals surface area contributed by atoms with E-state index in [1.54, 1.807) is 6.07 Å². The van der Waals surface area contributed by atoms with Crippen molar-refractivity contribution in [1.82, 2.24) is 4.90 Å². The van der Waals surface area contributed by atoms with Crippen molar-refractivity contribution in [2.75, 3.05) is 12.4 Å². The Kier molecular flexibility index (Phi) is 3.40. The summed E-state index contributed by atoms with van der Waals surface area (Å²) in [6.45, 7) is 2.02. The molecule has 19 heavy (non-hydrogen) atoms. The van der Waals surface area contributed by atoms with E-state index < -0.39 is 0 Å². The molecular weight excluding hydrogens is 279 g/mol. The van der Waals surface area contributed by atoms with Crippen LogP contribution < -0.4 is 5.32 Å². The third kappa shape index (κ3) is 2.57. The van der Waals surface area contributed by atoms with Gasteiger partial charge in [0.15, 0.2) is 0 Å². The first-order valence-electron chi connectivity index (χ1n) is 6.15. The fraction of sp³-hybridized carbons (Fsp3) is 0.200. The summed E-state index contributed by atoms with van der Waals surface area (Å²) >= 11 is 12.2. The van der Waals surface area contributed by atoms with Gasteiger partial charge in [-0.05, 0) is 42.4 Å². The van der Waals surface area contributed by atoms with Crippen molar-refractivity contribution in [3.63, 3.8) is 0 Å². The number of rotatable bonds is 2. The topological polar surface area (TPSA) is 15.3 Å². The zero-order valence-electron chi connectivity index (χ0n) is 10.6. The molecule has 0 fully saturated rings. The molecular formula is C15H14Cl2N2. The molecule has 3 rings (SSSR count). The number of anilines is 2. The Bertz CT molecular complexity index is 626. The lowest BCUT2D eigenvalue weighted by Gasteiger charge is -2.10. The van der Waals surface area contributed by atoms with E-state index >= 15 is 0 Å². The molecule has 98 valence electrons. The van der Waals surface area contributed by atoms with Gasteiger partial charge in [0.1, 0.15) is 0 Å². The van der Waals surface area contributed by atoms with Gasteiger partial charge in [0, 0.05) is 18.8 Å². The summed E-state index contributed by atoms with van der Waals surface area (Å²) in [5.74, 6) is 0. The van der Waals surface area contributed by atoms with Gasteiger partial charge in [0.2, 0.25) is 0 Å². The molecule has 1 aliphatic rings. The Morgan fingerprint density at radius 1 is 1.05 bits per heavy atom. The van der Waals surface area contributed by atoms with Gasteiger partial charge in [-0.2, -0.15) is 0 Å². The summed E-state index contributed by atoms with van der Waals surface area (Å²) in [5.41, 5.74) is 4.63. The van der Waals surface area contributed by atoms with Crippen LogP contribution in [0.25, 0.3) is 0 Å². The van der Waals surface area contributed by atoms with Crippen molar-refractivity contribution in [2.45, 2.75) is 13.1 Å². The van der Waals surface area contributed by atoms with Crippen molar-refractivity contribution < 1.29 is 0 Å². The molecule has 1 aliphatic heterocycles. The Labute approximate surface area is 122 Å². The highest BCUT2D eigenvalue weighted by Crippen LogP contribution is 2.33. The van der Waals surface area contributed by atoms with Crippen LogP contribution in [0.1, 0.15) is 11.1 Å². The predicted molar refractivity (Wildman–Crippen MR) is 81.4 cm³/mol. The lowest BCUT2D eigenvalue weighted by Crippen LogP contribution is -2.07. The van der Waals surface area contributed by atoms with E-state index in [2.05, 4.69) is 35.5 Å². The van der Waals surface area contributed by atoms with Crippen LogP contribution >= 0.6 is 23.2 Å². The molecule has 0 unspecified atom stereocenters. The van der Waals surface area contributed by atoms with Crippen LogP contribution in [0.5, 0.6) is 0 Å². The summed E-state index contributed by atoms with van der Waals surface area (Å²) in [7, 11) is 2.13. The smallest absolute Gasteiger partial charge is 0.0827 e. The maximum Gasteiger partial charge on any atom is 0.0827 e. The molecule has 2 nitrogen and oxygen atoms in total. The van der Waals surface area contributed by atoms with E-state index in [1.165, 1.54) is 11.1 Å². The Balaban J connectivity index is 1.88. The fourth-order valence-corrected chi connectivity index (χ4v) is 2.75. The van der Waals surface area contributed by atoms with E-state index in [0.717, 1.165) is 24.5 Å². The maximum absolute atomic E-state index is 6.18. The van der Waals surface area contributed by atoms with Crippen molar-refractivity contribution in [3.05, 3.63) is 57.6 Å². The van der Waals surface area contributed by atoms with Crippen LogP contribution in [-0.4, -0.2) is 11.9 Å². The van der Waals surface area contributed by atoms with E-state index in [9.17, 15) is 0 Å². The molecule has 2 aromatic carbocycles. The lowest BCUT2D eigenvalue weighted by atomic mass is 10.1. The van der Waals surface area contributed by atoms with E-state index in [1.807, 2.05) is 12.1 Å². The minimum absolute atomic E-state index is 0.557. The second-order valence-corrected chi connectivity index (χ2v) is 5.67. The molecule has 0 saturated carbocycles. The van der Waals surface area contributed by atoms with Crippen LogP contribution in [0.2, 0.25) is 10.0 Å². The van der Waals surface area contributed by atoms with Crippen LogP contribution in [0.15, 0.2) is 36.4 Å². The maximum atomic E-state index is 6.18. The molecule has 0 spiro atoms. The first-order chi connectivity index (χ1) is 9.13. The summed E-state index contributed by atoms with van der Waals surface area (Å²) < 4.78 is 0. The largest absolute Gasteiger partial charge is 0.354 e.